The number of benzene rings is 3. The van der Waals surface area contributed by atoms with Crippen molar-refractivity contribution in [2.24, 2.45) is 0 Å². The van der Waals surface area contributed by atoms with Gasteiger partial charge in [-0.3, -0.25) is 0 Å². The van der Waals surface area contributed by atoms with Gasteiger partial charge < -0.3 is 19.5 Å². The molecule has 1 N–H and O–H groups in total. The topological polar surface area (TPSA) is 65.5 Å². The maximum absolute atomic E-state index is 13.2. The molecule has 0 radical (unpaired) electrons. The molecule has 1 heterocycles. The fraction of sp³-hybridized carbons (Fsp3) is 0.167. The minimum atomic E-state index is -4.49. The first-order valence-corrected chi connectivity index (χ1v) is 9.85. The lowest BCUT2D eigenvalue weighted by atomic mass is 10.1. The second kappa shape index (κ2) is 8.85. The summed E-state index contributed by atoms with van der Waals surface area (Å²) in [5.41, 5.74) is 1.42. The molecule has 0 saturated heterocycles. The average molecular weight is 455 g/mol. The van der Waals surface area contributed by atoms with Crippen LogP contribution in [0.3, 0.4) is 0 Å². The van der Waals surface area contributed by atoms with Crippen molar-refractivity contribution in [3.63, 3.8) is 0 Å². The molecule has 0 fully saturated rings. The van der Waals surface area contributed by atoms with E-state index in [1.807, 2.05) is 30.3 Å². The maximum atomic E-state index is 13.2. The second-order valence-corrected chi connectivity index (χ2v) is 7.03. The summed E-state index contributed by atoms with van der Waals surface area (Å²) in [7, 11) is 4.48. The van der Waals surface area contributed by atoms with E-state index < -0.39 is 11.7 Å². The Morgan fingerprint density at radius 2 is 1.42 bits per heavy atom. The van der Waals surface area contributed by atoms with Gasteiger partial charge in [0.2, 0.25) is 5.75 Å². The molecule has 1 aromatic heterocycles. The molecule has 4 rings (SSSR count). The number of nitrogens with one attached hydrogen (secondary N) is 1. The highest BCUT2D eigenvalue weighted by atomic mass is 19.4. The van der Waals surface area contributed by atoms with Crippen molar-refractivity contribution >= 4 is 22.5 Å². The Labute approximate surface area is 188 Å². The molecule has 0 saturated carbocycles. The van der Waals surface area contributed by atoms with Crippen LogP contribution in [0.5, 0.6) is 17.2 Å². The first kappa shape index (κ1) is 22.2. The fourth-order valence-corrected chi connectivity index (χ4v) is 3.41. The van der Waals surface area contributed by atoms with Gasteiger partial charge in [0.15, 0.2) is 17.3 Å². The SMILES string of the molecule is COc1cc(Nc2nc3cc(C(F)(F)F)ccc3nc2-c2ccccc2)cc(OC)c1OC. The standard InChI is InChI=1S/C24H20F3N3O3/c1-31-19-12-16(13-20(32-2)22(19)33-3)28-23-21(14-7-5-4-6-8-14)29-17-10-9-15(24(25,26)27)11-18(17)30-23/h4-13H,1-3H3,(H,28,30). The van der Waals surface area contributed by atoms with E-state index in [9.17, 15) is 13.2 Å². The van der Waals surface area contributed by atoms with Crippen LogP contribution in [0.15, 0.2) is 60.7 Å². The van der Waals surface area contributed by atoms with E-state index in [2.05, 4.69) is 15.3 Å². The lowest BCUT2D eigenvalue weighted by Crippen LogP contribution is -2.06. The predicted octanol–water partition coefficient (Wildman–Crippen LogP) is 6.09. The summed E-state index contributed by atoms with van der Waals surface area (Å²) in [6.07, 6.45) is -4.49. The molecular formula is C24H20F3N3O3. The summed E-state index contributed by atoms with van der Waals surface area (Å²) >= 11 is 0. The fourth-order valence-electron chi connectivity index (χ4n) is 3.41. The largest absolute Gasteiger partial charge is 0.493 e. The zero-order valence-electron chi connectivity index (χ0n) is 18.0. The normalized spacial score (nSPS) is 11.3. The van der Waals surface area contributed by atoms with E-state index in [1.54, 1.807) is 12.1 Å². The van der Waals surface area contributed by atoms with Crippen LogP contribution in [0.1, 0.15) is 5.56 Å². The molecule has 9 heteroatoms. The summed E-state index contributed by atoms with van der Waals surface area (Å²) in [5, 5.41) is 3.15. The molecule has 0 spiro atoms. The van der Waals surface area contributed by atoms with Gasteiger partial charge in [-0.15, -0.1) is 0 Å². The first-order chi connectivity index (χ1) is 15.8. The predicted molar refractivity (Wildman–Crippen MR) is 119 cm³/mol. The number of anilines is 2. The number of aromatic nitrogens is 2. The number of rotatable bonds is 6. The van der Waals surface area contributed by atoms with Crippen molar-refractivity contribution in [2.75, 3.05) is 26.6 Å². The van der Waals surface area contributed by atoms with Crippen molar-refractivity contribution < 1.29 is 27.4 Å². The number of halogens is 3. The van der Waals surface area contributed by atoms with Crippen LogP contribution in [0.25, 0.3) is 22.3 Å². The average Bonchev–Trinajstić information content (AvgIpc) is 2.82. The van der Waals surface area contributed by atoms with E-state index in [0.29, 0.717) is 34.1 Å². The van der Waals surface area contributed by atoms with Crippen molar-refractivity contribution in [3.8, 4) is 28.5 Å². The molecule has 170 valence electrons. The molecule has 0 aliphatic heterocycles. The smallest absolute Gasteiger partial charge is 0.416 e. The van der Waals surface area contributed by atoms with Crippen molar-refractivity contribution in [3.05, 3.63) is 66.2 Å². The number of alkyl halides is 3. The van der Waals surface area contributed by atoms with Crippen LogP contribution < -0.4 is 19.5 Å². The zero-order chi connectivity index (χ0) is 23.6. The van der Waals surface area contributed by atoms with E-state index >= 15 is 0 Å². The Kier molecular flexibility index (Phi) is 5.95. The molecule has 3 aromatic carbocycles. The van der Waals surface area contributed by atoms with Crippen LogP contribution in [0.2, 0.25) is 0 Å². The zero-order valence-corrected chi connectivity index (χ0v) is 18.0. The lowest BCUT2D eigenvalue weighted by Gasteiger charge is -2.17. The highest BCUT2D eigenvalue weighted by molar-refractivity contribution is 5.85. The van der Waals surface area contributed by atoms with E-state index in [1.165, 1.54) is 27.4 Å². The molecule has 0 atom stereocenters. The molecule has 0 amide bonds. The minimum absolute atomic E-state index is 0.111. The summed E-state index contributed by atoms with van der Waals surface area (Å²) in [6.45, 7) is 0. The molecule has 6 nitrogen and oxygen atoms in total. The number of nitrogens with zero attached hydrogens (tertiary/aromatic N) is 2. The monoisotopic (exact) mass is 455 g/mol. The second-order valence-electron chi connectivity index (χ2n) is 7.03. The highest BCUT2D eigenvalue weighted by Gasteiger charge is 2.31. The van der Waals surface area contributed by atoms with Gasteiger partial charge in [0.05, 0.1) is 37.9 Å². The summed E-state index contributed by atoms with van der Waals surface area (Å²) in [6, 6.07) is 15.9. The Morgan fingerprint density at radius 3 is 2.00 bits per heavy atom. The van der Waals surface area contributed by atoms with Gasteiger partial charge in [-0.25, -0.2) is 9.97 Å². The van der Waals surface area contributed by atoms with E-state index in [-0.39, 0.29) is 11.3 Å². The van der Waals surface area contributed by atoms with Crippen LogP contribution >= 0.6 is 0 Å². The van der Waals surface area contributed by atoms with Gasteiger partial charge in [-0.05, 0) is 18.2 Å². The summed E-state index contributed by atoms with van der Waals surface area (Å²) in [4.78, 5) is 9.09. The van der Waals surface area contributed by atoms with Crippen molar-refractivity contribution in [1.82, 2.24) is 9.97 Å². The third-order valence-corrected chi connectivity index (χ3v) is 4.97. The quantitative estimate of drug-likeness (QED) is 0.380. The molecule has 0 bridgehead atoms. The van der Waals surface area contributed by atoms with E-state index in [0.717, 1.165) is 17.7 Å². The Hall–Kier alpha value is -4.01. The molecule has 0 unspecified atom stereocenters. The van der Waals surface area contributed by atoms with Crippen molar-refractivity contribution in [2.45, 2.75) is 6.18 Å². The molecule has 0 aliphatic carbocycles. The maximum Gasteiger partial charge on any atom is 0.416 e. The lowest BCUT2D eigenvalue weighted by molar-refractivity contribution is -0.137. The van der Waals surface area contributed by atoms with Crippen LogP contribution in [-0.2, 0) is 6.18 Å². The van der Waals surface area contributed by atoms with Crippen LogP contribution in [0, 0.1) is 0 Å². The number of hydrogen-bond donors (Lipinski definition) is 1. The van der Waals surface area contributed by atoms with Gasteiger partial charge in [-0.2, -0.15) is 13.2 Å². The first-order valence-electron chi connectivity index (χ1n) is 9.85. The Bertz CT molecular complexity index is 1270. The van der Waals surface area contributed by atoms with E-state index in [4.69, 9.17) is 14.2 Å². The molecular weight excluding hydrogens is 435 g/mol. The van der Waals surface area contributed by atoms with Crippen molar-refractivity contribution in [1.29, 1.82) is 0 Å². The number of hydrogen-bond acceptors (Lipinski definition) is 6. The minimum Gasteiger partial charge on any atom is -0.493 e. The van der Waals surface area contributed by atoms with Gasteiger partial charge in [0, 0.05) is 23.4 Å². The summed E-state index contributed by atoms with van der Waals surface area (Å²) < 4.78 is 55.9. The highest BCUT2D eigenvalue weighted by Crippen LogP contribution is 2.41. The third-order valence-electron chi connectivity index (χ3n) is 4.97. The Balaban J connectivity index is 1.89. The summed E-state index contributed by atoms with van der Waals surface area (Å²) in [5.74, 6) is 1.51. The molecule has 33 heavy (non-hydrogen) atoms. The van der Waals surface area contributed by atoms with Gasteiger partial charge in [-0.1, -0.05) is 30.3 Å². The van der Waals surface area contributed by atoms with Crippen LogP contribution in [0.4, 0.5) is 24.7 Å². The third kappa shape index (κ3) is 4.48. The van der Waals surface area contributed by atoms with Gasteiger partial charge in [0.1, 0.15) is 5.69 Å². The molecule has 0 aliphatic rings. The van der Waals surface area contributed by atoms with Gasteiger partial charge in [0.25, 0.3) is 0 Å². The number of fused-ring (bicyclic) bond motifs is 1. The number of methoxy groups -OCH3 is 3. The number of ether oxygens (including phenoxy) is 3. The molecule has 4 aromatic rings. The van der Waals surface area contributed by atoms with Gasteiger partial charge >= 0.3 is 6.18 Å². The Morgan fingerprint density at radius 1 is 0.758 bits per heavy atom. The van der Waals surface area contributed by atoms with Crippen LogP contribution in [-0.4, -0.2) is 31.3 Å².